The molecule has 0 bridgehead atoms. The Morgan fingerprint density at radius 1 is 1.05 bits per heavy atom. The molecule has 6 nitrogen and oxygen atoms in total. The molecule has 0 fully saturated rings. The van der Waals surface area contributed by atoms with Crippen LogP contribution in [0.2, 0.25) is 0 Å². The van der Waals surface area contributed by atoms with Crippen LogP contribution in [0.3, 0.4) is 0 Å². The highest BCUT2D eigenvalue weighted by atomic mass is 16.6. The van der Waals surface area contributed by atoms with E-state index >= 15 is 0 Å². The zero-order valence-corrected chi connectivity index (χ0v) is 13.0. The number of hydrogen-bond acceptors (Lipinski definition) is 5. The predicted octanol–water partition coefficient (Wildman–Crippen LogP) is 1.91. The first-order valence-electron chi connectivity index (χ1n) is 6.99. The maximum Gasteiger partial charge on any atom is 0.407 e. The fourth-order valence-corrected chi connectivity index (χ4v) is 1.30. The van der Waals surface area contributed by atoms with E-state index in [4.69, 9.17) is 14.2 Å². The van der Waals surface area contributed by atoms with E-state index in [1.807, 2.05) is 6.92 Å². The Bertz CT molecular complexity index is 286. The van der Waals surface area contributed by atoms with Crippen LogP contribution in [0, 0.1) is 0 Å². The predicted molar refractivity (Wildman–Crippen MR) is 75.8 cm³/mol. The number of hydrogen-bond donors (Lipinski definition) is 1. The van der Waals surface area contributed by atoms with Gasteiger partial charge in [0.25, 0.3) is 0 Å². The highest BCUT2D eigenvalue weighted by Gasteiger charge is 2.15. The first-order chi connectivity index (χ1) is 9.35. The summed E-state index contributed by atoms with van der Waals surface area (Å²) in [6, 6.07) is 0. The summed E-state index contributed by atoms with van der Waals surface area (Å²) >= 11 is 0. The molecule has 0 saturated carbocycles. The molecule has 0 atom stereocenters. The van der Waals surface area contributed by atoms with Crippen molar-refractivity contribution in [2.75, 3.05) is 33.0 Å². The third-order valence-electron chi connectivity index (χ3n) is 2.08. The summed E-state index contributed by atoms with van der Waals surface area (Å²) in [5.74, 6) is 0.110. The third-order valence-corrected chi connectivity index (χ3v) is 2.08. The van der Waals surface area contributed by atoms with E-state index in [1.54, 1.807) is 20.8 Å². The summed E-state index contributed by atoms with van der Waals surface area (Å²) in [4.78, 5) is 22.4. The van der Waals surface area contributed by atoms with Gasteiger partial charge >= 0.3 is 6.09 Å². The second kappa shape index (κ2) is 10.6. The number of amides is 1. The van der Waals surface area contributed by atoms with Crippen LogP contribution in [0.15, 0.2) is 0 Å². The van der Waals surface area contributed by atoms with Crippen LogP contribution in [0.5, 0.6) is 0 Å². The van der Waals surface area contributed by atoms with Gasteiger partial charge in [0.15, 0.2) is 5.78 Å². The topological polar surface area (TPSA) is 73.9 Å². The van der Waals surface area contributed by atoms with Crippen LogP contribution in [-0.4, -0.2) is 50.4 Å². The molecule has 0 spiro atoms. The lowest BCUT2D eigenvalue weighted by atomic mass is 10.2. The molecule has 6 heteroatoms. The van der Waals surface area contributed by atoms with E-state index in [0.29, 0.717) is 32.8 Å². The summed E-state index contributed by atoms with van der Waals surface area (Å²) in [6.45, 7) is 9.05. The van der Waals surface area contributed by atoms with Gasteiger partial charge in [0, 0.05) is 13.0 Å². The van der Waals surface area contributed by atoms with Gasteiger partial charge in [0.1, 0.15) is 12.2 Å². The minimum Gasteiger partial charge on any atom is -0.444 e. The minimum absolute atomic E-state index is 0.110. The SMILES string of the molecule is CCCC(=O)COCCOCCNC(=O)OC(C)(C)C. The van der Waals surface area contributed by atoms with E-state index in [2.05, 4.69) is 5.32 Å². The Balaban J connectivity index is 3.33. The molecule has 0 aliphatic heterocycles. The molecule has 0 heterocycles. The molecule has 0 rings (SSSR count). The number of ether oxygens (including phenoxy) is 3. The van der Waals surface area contributed by atoms with Crippen LogP contribution in [0.1, 0.15) is 40.5 Å². The van der Waals surface area contributed by atoms with E-state index < -0.39 is 11.7 Å². The van der Waals surface area contributed by atoms with Crippen molar-refractivity contribution in [3.63, 3.8) is 0 Å². The monoisotopic (exact) mass is 289 g/mol. The normalized spacial score (nSPS) is 11.2. The summed E-state index contributed by atoms with van der Waals surface area (Å²) in [5.41, 5.74) is -0.496. The lowest BCUT2D eigenvalue weighted by Gasteiger charge is -2.19. The molecule has 0 radical (unpaired) electrons. The van der Waals surface area contributed by atoms with Gasteiger partial charge < -0.3 is 19.5 Å². The molecule has 0 saturated heterocycles. The summed E-state index contributed by atoms with van der Waals surface area (Å²) < 4.78 is 15.5. The number of nitrogens with one attached hydrogen (secondary N) is 1. The molecule has 0 aliphatic carbocycles. The highest BCUT2D eigenvalue weighted by molar-refractivity contribution is 5.79. The average Bonchev–Trinajstić information content (AvgIpc) is 2.30. The summed E-state index contributed by atoms with van der Waals surface area (Å²) in [6.07, 6.45) is 0.942. The number of rotatable bonds is 10. The van der Waals surface area contributed by atoms with Gasteiger partial charge in [-0.25, -0.2) is 4.79 Å². The van der Waals surface area contributed by atoms with Crippen LogP contribution in [-0.2, 0) is 19.0 Å². The molecular formula is C14H27NO5. The van der Waals surface area contributed by atoms with Crippen molar-refractivity contribution in [1.29, 1.82) is 0 Å². The average molecular weight is 289 g/mol. The van der Waals surface area contributed by atoms with E-state index in [1.165, 1.54) is 0 Å². The number of Topliss-reactive ketones (excluding diaryl/α,β-unsaturated/α-hetero) is 1. The zero-order valence-electron chi connectivity index (χ0n) is 13.0. The molecule has 20 heavy (non-hydrogen) atoms. The van der Waals surface area contributed by atoms with E-state index in [9.17, 15) is 9.59 Å². The van der Waals surface area contributed by atoms with Crippen LogP contribution < -0.4 is 5.32 Å². The van der Waals surface area contributed by atoms with Crippen LogP contribution >= 0.6 is 0 Å². The van der Waals surface area contributed by atoms with Gasteiger partial charge in [-0.15, -0.1) is 0 Å². The number of ketones is 1. The molecule has 0 aliphatic rings. The third kappa shape index (κ3) is 13.3. The summed E-state index contributed by atoms with van der Waals surface area (Å²) in [5, 5.41) is 2.58. The van der Waals surface area contributed by atoms with E-state index in [-0.39, 0.29) is 12.4 Å². The van der Waals surface area contributed by atoms with Gasteiger partial charge in [0.05, 0.1) is 19.8 Å². The molecular weight excluding hydrogens is 262 g/mol. The van der Waals surface area contributed by atoms with Crippen LogP contribution in [0.25, 0.3) is 0 Å². The Morgan fingerprint density at radius 2 is 1.70 bits per heavy atom. The summed E-state index contributed by atoms with van der Waals surface area (Å²) in [7, 11) is 0. The van der Waals surface area contributed by atoms with Gasteiger partial charge in [-0.3, -0.25) is 4.79 Å². The van der Waals surface area contributed by atoms with Crippen molar-refractivity contribution >= 4 is 11.9 Å². The fraction of sp³-hybridized carbons (Fsp3) is 0.857. The number of carbonyl (C=O) groups excluding carboxylic acids is 2. The zero-order chi connectivity index (χ0) is 15.4. The maximum absolute atomic E-state index is 11.3. The van der Waals surface area contributed by atoms with Crippen molar-refractivity contribution in [2.24, 2.45) is 0 Å². The first kappa shape index (κ1) is 18.9. The Kier molecular flexibility index (Phi) is 10.0. The molecule has 0 aromatic heterocycles. The first-order valence-corrected chi connectivity index (χ1v) is 6.99. The fourth-order valence-electron chi connectivity index (χ4n) is 1.30. The maximum atomic E-state index is 11.3. The Labute approximate surface area is 121 Å². The van der Waals surface area contributed by atoms with E-state index in [0.717, 1.165) is 6.42 Å². The van der Waals surface area contributed by atoms with Gasteiger partial charge in [-0.05, 0) is 27.2 Å². The number of carbonyl (C=O) groups is 2. The quantitative estimate of drug-likeness (QED) is 0.622. The van der Waals surface area contributed by atoms with Gasteiger partial charge in [-0.1, -0.05) is 6.92 Å². The van der Waals surface area contributed by atoms with Gasteiger partial charge in [-0.2, -0.15) is 0 Å². The van der Waals surface area contributed by atoms with Crippen molar-refractivity contribution in [3.8, 4) is 0 Å². The molecule has 0 aromatic rings. The Morgan fingerprint density at radius 3 is 2.30 bits per heavy atom. The van der Waals surface area contributed by atoms with Crippen molar-refractivity contribution < 1.29 is 23.8 Å². The van der Waals surface area contributed by atoms with Crippen LogP contribution in [0.4, 0.5) is 4.79 Å². The highest BCUT2D eigenvalue weighted by Crippen LogP contribution is 2.05. The molecule has 0 aromatic carbocycles. The lowest BCUT2D eigenvalue weighted by molar-refractivity contribution is -0.124. The van der Waals surface area contributed by atoms with Crippen molar-refractivity contribution in [1.82, 2.24) is 5.32 Å². The number of alkyl carbamates (subject to hydrolysis) is 1. The lowest BCUT2D eigenvalue weighted by Crippen LogP contribution is -2.34. The van der Waals surface area contributed by atoms with Crippen molar-refractivity contribution in [3.05, 3.63) is 0 Å². The van der Waals surface area contributed by atoms with Gasteiger partial charge in [0.2, 0.25) is 0 Å². The molecule has 0 unspecified atom stereocenters. The molecule has 118 valence electrons. The smallest absolute Gasteiger partial charge is 0.407 e. The van der Waals surface area contributed by atoms with Crippen molar-refractivity contribution in [2.45, 2.75) is 46.1 Å². The Hall–Kier alpha value is -1.14. The standard InChI is InChI=1S/C14H27NO5/c1-5-6-12(16)11-19-10-9-18-8-7-15-13(17)20-14(2,3)4/h5-11H2,1-4H3,(H,15,17). The minimum atomic E-state index is -0.496. The molecule has 1 N–H and O–H groups in total. The largest absolute Gasteiger partial charge is 0.444 e. The molecule has 1 amide bonds. The second-order valence-electron chi connectivity index (χ2n) is 5.38. The second-order valence-corrected chi connectivity index (χ2v) is 5.38.